The number of amides is 2. The second-order valence-electron chi connectivity index (χ2n) is 6.54. The molecule has 0 atom stereocenters. The van der Waals surface area contributed by atoms with Gasteiger partial charge in [0.15, 0.2) is 11.5 Å². The van der Waals surface area contributed by atoms with Crippen molar-refractivity contribution in [3.8, 4) is 11.5 Å². The van der Waals surface area contributed by atoms with E-state index in [4.69, 9.17) is 9.47 Å². The van der Waals surface area contributed by atoms with Crippen LogP contribution in [0.5, 0.6) is 11.5 Å². The van der Waals surface area contributed by atoms with E-state index in [1.165, 1.54) is 7.11 Å². The zero-order chi connectivity index (χ0) is 19.4. The maximum atomic E-state index is 12.3. The van der Waals surface area contributed by atoms with E-state index in [0.29, 0.717) is 22.6 Å². The van der Waals surface area contributed by atoms with Gasteiger partial charge < -0.3 is 25.1 Å². The number of H-pyrrole nitrogens is 1. The fourth-order valence-electron chi connectivity index (χ4n) is 2.79. The van der Waals surface area contributed by atoms with Crippen LogP contribution in [0, 0.1) is 0 Å². The highest BCUT2D eigenvalue weighted by atomic mass is 16.5. The summed E-state index contributed by atoms with van der Waals surface area (Å²) in [5.74, 6) is 0.628. The molecule has 0 unspecified atom stereocenters. The van der Waals surface area contributed by atoms with Crippen molar-refractivity contribution < 1.29 is 19.1 Å². The first-order chi connectivity index (χ1) is 13.0. The number of methoxy groups -OCH3 is 2. The van der Waals surface area contributed by atoms with Gasteiger partial charge >= 0.3 is 0 Å². The number of benzene rings is 1. The standard InChI is InChI=1S/C19H23N3O5/c1-26-15-8-12-7-11(19(25)22-14(12)9-16(15)27-2)3-6-17(23)20-10-18(24)21-13-4-5-13/h7-9,13H,3-6,10H2,1-2H3,(H,20,23)(H,21,24)(H,22,25). The van der Waals surface area contributed by atoms with Gasteiger partial charge in [0.1, 0.15) is 0 Å². The Morgan fingerprint density at radius 2 is 1.81 bits per heavy atom. The van der Waals surface area contributed by atoms with Gasteiger partial charge in [0.2, 0.25) is 11.8 Å². The molecule has 0 aliphatic heterocycles. The van der Waals surface area contributed by atoms with E-state index in [-0.39, 0.29) is 42.8 Å². The second-order valence-corrected chi connectivity index (χ2v) is 6.54. The lowest BCUT2D eigenvalue weighted by Crippen LogP contribution is -2.38. The summed E-state index contributed by atoms with van der Waals surface area (Å²) in [5, 5.41) is 6.16. The van der Waals surface area contributed by atoms with Gasteiger partial charge in [-0.3, -0.25) is 14.4 Å². The molecule has 1 aliphatic rings. The van der Waals surface area contributed by atoms with Crippen molar-refractivity contribution >= 4 is 22.7 Å². The Labute approximate surface area is 156 Å². The molecular weight excluding hydrogens is 350 g/mol. The highest BCUT2D eigenvalue weighted by molar-refractivity contribution is 5.85. The van der Waals surface area contributed by atoms with Crippen LogP contribution >= 0.6 is 0 Å². The molecule has 1 aromatic heterocycles. The zero-order valence-corrected chi connectivity index (χ0v) is 15.4. The molecule has 8 nitrogen and oxygen atoms in total. The summed E-state index contributed by atoms with van der Waals surface area (Å²) in [6.07, 6.45) is 2.40. The summed E-state index contributed by atoms with van der Waals surface area (Å²) in [6.45, 7) is -0.0413. The SMILES string of the molecule is COc1cc2cc(CCC(=O)NCC(=O)NC3CC3)c(=O)[nH]c2cc1OC. The van der Waals surface area contributed by atoms with Crippen LogP contribution in [-0.4, -0.2) is 43.6 Å². The molecule has 1 heterocycles. The molecule has 8 heteroatoms. The van der Waals surface area contributed by atoms with Gasteiger partial charge in [-0.2, -0.15) is 0 Å². The summed E-state index contributed by atoms with van der Waals surface area (Å²) in [6, 6.07) is 5.48. The first-order valence-corrected chi connectivity index (χ1v) is 8.84. The van der Waals surface area contributed by atoms with Crippen molar-refractivity contribution in [2.75, 3.05) is 20.8 Å². The van der Waals surface area contributed by atoms with Crippen molar-refractivity contribution in [1.82, 2.24) is 15.6 Å². The molecule has 1 saturated carbocycles. The molecule has 2 amide bonds. The molecule has 27 heavy (non-hydrogen) atoms. The zero-order valence-electron chi connectivity index (χ0n) is 15.4. The number of aromatic amines is 1. The largest absolute Gasteiger partial charge is 0.493 e. The first-order valence-electron chi connectivity index (χ1n) is 8.84. The Morgan fingerprint density at radius 1 is 1.11 bits per heavy atom. The van der Waals surface area contributed by atoms with Crippen molar-refractivity contribution in [3.63, 3.8) is 0 Å². The van der Waals surface area contributed by atoms with Gasteiger partial charge in [0.05, 0.1) is 26.3 Å². The third kappa shape index (κ3) is 4.78. The number of carbonyl (C=O) groups excluding carboxylic acids is 2. The number of hydrogen-bond donors (Lipinski definition) is 3. The highest BCUT2D eigenvalue weighted by Crippen LogP contribution is 2.31. The number of ether oxygens (including phenoxy) is 2. The maximum Gasteiger partial charge on any atom is 0.251 e. The maximum absolute atomic E-state index is 12.3. The topological polar surface area (TPSA) is 110 Å². The van der Waals surface area contributed by atoms with Gasteiger partial charge in [-0.25, -0.2) is 0 Å². The molecule has 1 aromatic carbocycles. The molecule has 0 bridgehead atoms. The number of rotatable bonds is 8. The van der Waals surface area contributed by atoms with E-state index in [9.17, 15) is 14.4 Å². The van der Waals surface area contributed by atoms with Gasteiger partial charge in [-0.15, -0.1) is 0 Å². The molecule has 1 fully saturated rings. The first kappa shape index (κ1) is 18.8. The van der Waals surface area contributed by atoms with E-state index < -0.39 is 0 Å². The quantitative estimate of drug-likeness (QED) is 0.636. The van der Waals surface area contributed by atoms with E-state index in [2.05, 4.69) is 15.6 Å². The van der Waals surface area contributed by atoms with Crippen LogP contribution in [0.1, 0.15) is 24.8 Å². The lowest BCUT2D eigenvalue weighted by Gasteiger charge is -2.10. The number of hydrogen-bond acceptors (Lipinski definition) is 5. The van der Waals surface area contributed by atoms with Crippen molar-refractivity contribution in [3.05, 3.63) is 34.1 Å². The highest BCUT2D eigenvalue weighted by Gasteiger charge is 2.23. The van der Waals surface area contributed by atoms with E-state index in [1.807, 2.05) is 0 Å². The van der Waals surface area contributed by atoms with Gasteiger partial charge in [0, 0.05) is 29.5 Å². The summed E-state index contributed by atoms with van der Waals surface area (Å²) in [4.78, 5) is 38.6. The lowest BCUT2D eigenvalue weighted by molar-refractivity contribution is -0.126. The molecule has 3 N–H and O–H groups in total. The van der Waals surface area contributed by atoms with E-state index in [0.717, 1.165) is 18.2 Å². The van der Waals surface area contributed by atoms with E-state index >= 15 is 0 Å². The van der Waals surface area contributed by atoms with Gasteiger partial charge in [-0.05, 0) is 31.4 Å². The second kappa shape index (κ2) is 8.11. The molecule has 3 rings (SSSR count). The number of pyridine rings is 1. The van der Waals surface area contributed by atoms with Crippen LogP contribution in [0.2, 0.25) is 0 Å². The number of aryl methyl sites for hydroxylation is 1. The number of carbonyl (C=O) groups is 2. The normalized spacial score (nSPS) is 13.3. The van der Waals surface area contributed by atoms with Crippen LogP contribution in [0.15, 0.2) is 23.0 Å². The Hall–Kier alpha value is -3.03. The van der Waals surface area contributed by atoms with Crippen molar-refractivity contribution in [2.45, 2.75) is 31.7 Å². The molecule has 0 saturated heterocycles. The lowest BCUT2D eigenvalue weighted by atomic mass is 10.1. The van der Waals surface area contributed by atoms with Crippen molar-refractivity contribution in [2.24, 2.45) is 0 Å². The molecule has 0 spiro atoms. The number of aromatic nitrogens is 1. The van der Waals surface area contributed by atoms with Gasteiger partial charge in [-0.1, -0.05) is 0 Å². The summed E-state index contributed by atoms with van der Waals surface area (Å²) >= 11 is 0. The molecular formula is C19H23N3O5. The van der Waals surface area contributed by atoms with Crippen LogP contribution in [0.4, 0.5) is 0 Å². The molecule has 1 aliphatic carbocycles. The van der Waals surface area contributed by atoms with Crippen LogP contribution < -0.4 is 25.7 Å². The molecule has 144 valence electrons. The minimum atomic E-state index is -0.271. The van der Waals surface area contributed by atoms with Gasteiger partial charge in [0.25, 0.3) is 5.56 Å². The van der Waals surface area contributed by atoms with Crippen molar-refractivity contribution in [1.29, 1.82) is 0 Å². The summed E-state index contributed by atoms with van der Waals surface area (Å²) < 4.78 is 10.5. The van der Waals surface area contributed by atoms with Crippen LogP contribution in [0.3, 0.4) is 0 Å². The predicted molar refractivity (Wildman–Crippen MR) is 100 cm³/mol. The monoisotopic (exact) mass is 373 g/mol. The number of nitrogens with one attached hydrogen (secondary N) is 3. The molecule has 2 aromatic rings. The Morgan fingerprint density at radius 3 is 2.48 bits per heavy atom. The third-order valence-corrected chi connectivity index (χ3v) is 4.44. The average Bonchev–Trinajstić information content (AvgIpc) is 3.47. The predicted octanol–water partition coefficient (Wildman–Crippen LogP) is 0.873. The fourth-order valence-corrected chi connectivity index (χ4v) is 2.79. The Kier molecular flexibility index (Phi) is 5.63. The summed E-state index contributed by atoms with van der Waals surface area (Å²) in [5.41, 5.74) is 0.865. The Balaban J connectivity index is 1.63. The molecule has 0 radical (unpaired) electrons. The minimum Gasteiger partial charge on any atom is -0.493 e. The third-order valence-electron chi connectivity index (χ3n) is 4.44. The summed E-state index contributed by atoms with van der Waals surface area (Å²) in [7, 11) is 3.07. The van der Waals surface area contributed by atoms with Crippen LogP contribution in [-0.2, 0) is 16.0 Å². The minimum absolute atomic E-state index is 0.0413. The Bertz CT molecular complexity index is 917. The van der Waals surface area contributed by atoms with Crippen LogP contribution in [0.25, 0.3) is 10.9 Å². The average molecular weight is 373 g/mol. The number of fused-ring (bicyclic) bond motifs is 1. The smallest absolute Gasteiger partial charge is 0.251 e. The van der Waals surface area contributed by atoms with E-state index in [1.54, 1.807) is 25.3 Å². The fraction of sp³-hybridized carbons (Fsp3) is 0.421.